The Morgan fingerprint density at radius 2 is 1.67 bits per heavy atom. The van der Waals surface area contributed by atoms with Crippen molar-refractivity contribution >= 4 is 23.2 Å². The predicted octanol–water partition coefficient (Wildman–Crippen LogP) is 5.35. The number of hydrogen-bond acceptors (Lipinski definition) is 5. The Balaban J connectivity index is 1.82. The first-order chi connectivity index (χ1) is 17.5. The van der Waals surface area contributed by atoms with Gasteiger partial charge in [-0.25, -0.2) is 9.37 Å². The van der Waals surface area contributed by atoms with Gasteiger partial charge in [0.15, 0.2) is 0 Å². The average molecular weight is 485 g/mol. The third-order valence-corrected chi connectivity index (χ3v) is 5.44. The zero-order chi connectivity index (χ0) is 25.5. The van der Waals surface area contributed by atoms with Crippen molar-refractivity contribution in [2.75, 3.05) is 16.8 Å². The number of nitrogens with zero attached hydrogens (tertiary/aromatic N) is 3. The predicted molar refractivity (Wildman–Crippen MR) is 135 cm³/mol. The summed E-state index contributed by atoms with van der Waals surface area (Å²) in [5.74, 6) is -0.767. The summed E-state index contributed by atoms with van der Waals surface area (Å²) in [5, 5.41) is 2.81. The lowest BCUT2D eigenvalue weighted by molar-refractivity contribution is -0.117. The molecule has 0 aliphatic carbocycles. The third-order valence-electron chi connectivity index (χ3n) is 5.44. The van der Waals surface area contributed by atoms with Crippen LogP contribution in [0.25, 0.3) is 0 Å². The van der Waals surface area contributed by atoms with Gasteiger partial charge in [0, 0.05) is 23.8 Å². The van der Waals surface area contributed by atoms with Gasteiger partial charge in [-0.1, -0.05) is 29.8 Å². The van der Waals surface area contributed by atoms with Crippen molar-refractivity contribution in [3.05, 3.63) is 114 Å². The summed E-state index contributed by atoms with van der Waals surface area (Å²) in [7, 11) is 0. The fourth-order valence-electron chi connectivity index (χ4n) is 3.70. The number of aryl methyl sites for hydroxylation is 1. The summed E-state index contributed by atoms with van der Waals surface area (Å²) in [4.78, 5) is 37.1. The van der Waals surface area contributed by atoms with E-state index < -0.39 is 23.7 Å². The summed E-state index contributed by atoms with van der Waals surface area (Å²) >= 11 is 0. The average Bonchev–Trinajstić information content (AvgIpc) is 2.90. The minimum absolute atomic E-state index is 0.0816. The lowest BCUT2D eigenvalue weighted by Crippen LogP contribution is -2.42. The highest BCUT2D eigenvalue weighted by Gasteiger charge is 2.34. The second-order valence-electron chi connectivity index (χ2n) is 8.00. The van der Waals surface area contributed by atoms with Crippen molar-refractivity contribution in [2.45, 2.75) is 19.9 Å². The zero-order valence-electron chi connectivity index (χ0n) is 19.9. The standard InChI is InChI=1S/C28H25FN4O3/c1-3-36-24-14-12-23(13-15-24)33(28(35)25-18-30-16-17-31-25)26(20-6-4-19(2)5-7-20)27(34)32-22-10-8-21(29)9-11-22/h4-18,26H,3H2,1-2H3,(H,32,34). The van der Waals surface area contributed by atoms with Gasteiger partial charge in [0.1, 0.15) is 23.3 Å². The molecule has 0 spiro atoms. The normalized spacial score (nSPS) is 11.4. The maximum absolute atomic E-state index is 13.8. The van der Waals surface area contributed by atoms with Gasteiger partial charge in [0.05, 0.1) is 12.8 Å². The van der Waals surface area contributed by atoms with E-state index in [2.05, 4.69) is 15.3 Å². The number of rotatable bonds is 8. The van der Waals surface area contributed by atoms with E-state index in [9.17, 15) is 14.0 Å². The summed E-state index contributed by atoms with van der Waals surface area (Å²) < 4.78 is 19.0. The molecule has 1 unspecified atom stereocenters. The molecule has 7 nitrogen and oxygen atoms in total. The van der Waals surface area contributed by atoms with Crippen LogP contribution in [0.4, 0.5) is 15.8 Å². The van der Waals surface area contributed by atoms with Crippen LogP contribution in [0.2, 0.25) is 0 Å². The van der Waals surface area contributed by atoms with E-state index in [4.69, 9.17) is 4.74 Å². The zero-order valence-corrected chi connectivity index (χ0v) is 19.9. The Bertz CT molecular complexity index is 1310. The molecule has 1 N–H and O–H groups in total. The van der Waals surface area contributed by atoms with Gasteiger partial charge in [-0.2, -0.15) is 0 Å². The minimum Gasteiger partial charge on any atom is -0.494 e. The second-order valence-corrected chi connectivity index (χ2v) is 8.00. The summed E-state index contributed by atoms with van der Waals surface area (Å²) in [6, 6.07) is 18.6. The number of hydrogen-bond donors (Lipinski definition) is 1. The van der Waals surface area contributed by atoms with E-state index in [1.165, 1.54) is 47.8 Å². The highest BCUT2D eigenvalue weighted by molar-refractivity contribution is 6.11. The Morgan fingerprint density at radius 1 is 0.972 bits per heavy atom. The number of ether oxygens (including phenoxy) is 1. The van der Waals surface area contributed by atoms with Crippen LogP contribution in [-0.2, 0) is 4.79 Å². The van der Waals surface area contributed by atoms with Crippen LogP contribution in [0.15, 0.2) is 91.4 Å². The van der Waals surface area contributed by atoms with Gasteiger partial charge in [-0.05, 0) is 67.9 Å². The number of halogens is 1. The number of carbonyl (C=O) groups excluding carboxylic acids is 2. The fraction of sp³-hybridized carbons (Fsp3) is 0.143. The molecule has 1 heterocycles. The minimum atomic E-state index is -1.07. The van der Waals surface area contributed by atoms with Crippen LogP contribution in [0.1, 0.15) is 34.6 Å². The van der Waals surface area contributed by atoms with E-state index in [0.29, 0.717) is 29.3 Å². The number of aromatic nitrogens is 2. The number of benzene rings is 3. The van der Waals surface area contributed by atoms with Crippen LogP contribution in [0.5, 0.6) is 5.75 Å². The van der Waals surface area contributed by atoms with Crippen LogP contribution in [0, 0.1) is 12.7 Å². The molecule has 0 saturated heterocycles. The Labute approximate surface area is 208 Å². The van der Waals surface area contributed by atoms with Gasteiger partial charge in [-0.15, -0.1) is 0 Å². The molecule has 0 aliphatic heterocycles. The molecule has 0 fully saturated rings. The quantitative estimate of drug-likeness (QED) is 0.365. The SMILES string of the molecule is CCOc1ccc(N(C(=O)c2cnccn2)C(C(=O)Nc2ccc(F)cc2)c2ccc(C)cc2)cc1. The van der Waals surface area contributed by atoms with Crippen molar-refractivity contribution < 1.29 is 18.7 Å². The molecule has 0 bridgehead atoms. The van der Waals surface area contributed by atoms with Crippen LogP contribution < -0.4 is 15.0 Å². The van der Waals surface area contributed by atoms with Gasteiger partial charge in [0.25, 0.3) is 11.8 Å². The number of anilines is 2. The molecule has 0 aliphatic rings. The van der Waals surface area contributed by atoms with E-state index in [1.54, 1.807) is 36.4 Å². The third kappa shape index (κ3) is 5.72. The van der Waals surface area contributed by atoms with Crippen molar-refractivity contribution in [2.24, 2.45) is 0 Å². The first-order valence-corrected chi connectivity index (χ1v) is 11.4. The number of amides is 2. The van der Waals surface area contributed by atoms with Gasteiger partial charge >= 0.3 is 0 Å². The van der Waals surface area contributed by atoms with E-state index >= 15 is 0 Å². The lowest BCUT2D eigenvalue weighted by atomic mass is 10.0. The summed E-state index contributed by atoms with van der Waals surface area (Å²) in [5.41, 5.74) is 2.54. The van der Waals surface area contributed by atoms with Crippen molar-refractivity contribution in [3.63, 3.8) is 0 Å². The first kappa shape index (κ1) is 24.5. The number of carbonyl (C=O) groups is 2. The topological polar surface area (TPSA) is 84.4 Å². The highest BCUT2D eigenvalue weighted by atomic mass is 19.1. The Morgan fingerprint density at radius 3 is 2.28 bits per heavy atom. The molecule has 1 aromatic heterocycles. The maximum atomic E-state index is 13.8. The molecule has 36 heavy (non-hydrogen) atoms. The fourth-order valence-corrected chi connectivity index (χ4v) is 3.70. The molecule has 4 aromatic rings. The molecule has 4 rings (SSSR count). The highest BCUT2D eigenvalue weighted by Crippen LogP contribution is 2.32. The molecular weight excluding hydrogens is 459 g/mol. The van der Waals surface area contributed by atoms with Crippen LogP contribution >= 0.6 is 0 Å². The van der Waals surface area contributed by atoms with E-state index in [-0.39, 0.29) is 5.69 Å². The molecule has 2 amide bonds. The van der Waals surface area contributed by atoms with Gasteiger partial charge < -0.3 is 10.1 Å². The van der Waals surface area contributed by atoms with Gasteiger partial charge in [0.2, 0.25) is 0 Å². The monoisotopic (exact) mass is 484 g/mol. The van der Waals surface area contributed by atoms with Crippen LogP contribution in [-0.4, -0.2) is 28.4 Å². The Kier molecular flexibility index (Phi) is 7.65. The largest absolute Gasteiger partial charge is 0.494 e. The Hall–Kier alpha value is -4.59. The van der Waals surface area contributed by atoms with E-state index in [0.717, 1.165) is 5.56 Å². The number of nitrogens with one attached hydrogen (secondary N) is 1. The molecule has 8 heteroatoms. The van der Waals surface area contributed by atoms with Crippen molar-refractivity contribution in [3.8, 4) is 5.75 Å². The molecular formula is C28H25FN4O3. The van der Waals surface area contributed by atoms with Crippen molar-refractivity contribution in [1.29, 1.82) is 0 Å². The first-order valence-electron chi connectivity index (χ1n) is 11.4. The molecule has 0 radical (unpaired) electrons. The lowest BCUT2D eigenvalue weighted by Gasteiger charge is -2.31. The summed E-state index contributed by atoms with van der Waals surface area (Å²) in [6.07, 6.45) is 4.24. The molecule has 3 aromatic carbocycles. The maximum Gasteiger partial charge on any atom is 0.279 e. The summed E-state index contributed by atoms with van der Waals surface area (Å²) in [6.45, 7) is 4.31. The van der Waals surface area contributed by atoms with Crippen molar-refractivity contribution in [1.82, 2.24) is 9.97 Å². The van der Waals surface area contributed by atoms with Crippen LogP contribution in [0.3, 0.4) is 0 Å². The molecule has 1 atom stereocenters. The smallest absolute Gasteiger partial charge is 0.279 e. The second kappa shape index (κ2) is 11.2. The van der Waals surface area contributed by atoms with Gasteiger partial charge in [-0.3, -0.25) is 19.5 Å². The molecule has 182 valence electrons. The van der Waals surface area contributed by atoms with E-state index in [1.807, 2.05) is 26.0 Å². The molecule has 0 saturated carbocycles.